The fourth-order valence-corrected chi connectivity index (χ4v) is 4.42. The number of nitrogens with one attached hydrogen (secondary N) is 1. The van der Waals surface area contributed by atoms with Gasteiger partial charge in [-0.05, 0) is 30.1 Å². The van der Waals surface area contributed by atoms with Crippen molar-refractivity contribution < 1.29 is 14.7 Å². The standard InChI is InChI=1S/C15H26N2O3S/c1-9(2)12-17(11(7-21-12)13(18)19)14(20)16-8-15(5-6-15)10(3)4/h9-12H,5-8H2,1-4H3,(H,16,20)(H,18,19). The predicted octanol–water partition coefficient (Wildman–Crippen LogP) is 2.62. The summed E-state index contributed by atoms with van der Waals surface area (Å²) in [6, 6.07) is -0.936. The van der Waals surface area contributed by atoms with E-state index in [-0.39, 0.29) is 22.7 Å². The Morgan fingerprint density at radius 2 is 1.95 bits per heavy atom. The van der Waals surface area contributed by atoms with Crippen molar-refractivity contribution in [3.05, 3.63) is 0 Å². The lowest BCUT2D eigenvalue weighted by Crippen LogP contribution is -2.52. The minimum Gasteiger partial charge on any atom is -0.480 e. The summed E-state index contributed by atoms with van der Waals surface area (Å²) in [4.78, 5) is 25.4. The Balaban J connectivity index is 2.02. The maximum atomic E-state index is 12.5. The summed E-state index contributed by atoms with van der Waals surface area (Å²) in [7, 11) is 0. The highest BCUT2D eigenvalue weighted by atomic mass is 32.2. The van der Waals surface area contributed by atoms with Gasteiger partial charge in [0.25, 0.3) is 0 Å². The molecule has 2 fully saturated rings. The van der Waals surface area contributed by atoms with E-state index >= 15 is 0 Å². The molecule has 21 heavy (non-hydrogen) atoms. The Morgan fingerprint density at radius 3 is 2.38 bits per heavy atom. The molecule has 6 heteroatoms. The SMILES string of the molecule is CC(C)C1SCC(C(=O)O)N1C(=O)NCC1(C(C)C)CC1. The first-order valence-corrected chi connectivity index (χ1v) is 8.74. The maximum absolute atomic E-state index is 12.5. The monoisotopic (exact) mass is 314 g/mol. The van der Waals surface area contributed by atoms with Gasteiger partial charge in [-0.2, -0.15) is 0 Å². The second kappa shape index (κ2) is 6.07. The van der Waals surface area contributed by atoms with Crippen LogP contribution in [-0.2, 0) is 4.79 Å². The topological polar surface area (TPSA) is 69.6 Å². The van der Waals surface area contributed by atoms with E-state index in [1.165, 1.54) is 4.90 Å². The molecule has 1 saturated carbocycles. The van der Waals surface area contributed by atoms with E-state index in [1.54, 1.807) is 11.8 Å². The molecular weight excluding hydrogens is 288 g/mol. The first-order valence-electron chi connectivity index (χ1n) is 7.69. The fourth-order valence-electron chi connectivity index (χ4n) is 2.95. The molecule has 1 aliphatic carbocycles. The van der Waals surface area contributed by atoms with Crippen LogP contribution in [0, 0.1) is 17.3 Å². The number of rotatable bonds is 5. The normalized spacial score (nSPS) is 27.2. The van der Waals surface area contributed by atoms with Crippen LogP contribution in [0.15, 0.2) is 0 Å². The summed E-state index contributed by atoms with van der Waals surface area (Å²) in [5.41, 5.74) is 0.231. The molecule has 5 nitrogen and oxygen atoms in total. The molecule has 2 N–H and O–H groups in total. The second-order valence-electron chi connectivity index (χ2n) is 6.90. The van der Waals surface area contributed by atoms with Crippen LogP contribution >= 0.6 is 11.8 Å². The molecule has 2 aliphatic rings. The third kappa shape index (κ3) is 3.30. The molecule has 1 saturated heterocycles. The number of hydrogen-bond acceptors (Lipinski definition) is 3. The predicted molar refractivity (Wildman–Crippen MR) is 84.3 cm³/mol. The van der Waals surface area contributed by atoms with Crippen LogP contribution in [0.1, 0.15) is 40.5 Å². The van der Waals surface area contributed by atoms with E-state index in [1.807, 2.05) is 13.8 Å². The quantitative estimate of drug-likeness (QED) is 0.818. The highest BCUT2D eigenvalue weighted by molar-refractivity contribution is 8.00. The lowest BCUT2D eigenvalue weighted by Gasteiger charge is -2.31. The Kier molecular flexibility index (Phi) is 4.76. The second-order valence-corrected chi connectivity index (χ2v) is 8.05. The van der Waals surface area contributed by atoms with Crippen LogP contribution in [-0.4, -0.2) is 45.7 Å². The number of carbonyl (C=O) groups excluding carboxylic acids is 1. The van der Waals surface area contributed by atoms with Gasteiger partial charge < -0.3 is 10.4 Å². The van der Waals surface area contributed by atoms with Gasteiger partial charge in [0.15, 0.2) is 0 Å². The van der Waals surface area contributed by atoms with Crippen LogP contribution in [0.25, 0.3) is 0 Å². The van der Waals surface area contributed by atoms with Crippen molar-refractivity contribution in [2.75, 3.05) is 12.3 Å². The van der Waals surface area contributed by atoms with Gasteiger partial charge in [0.05, 0.1) is 5.37 Å². The van der Waals surface area contributed by atoms with Gasteiger partial charge >= 0.3 is 12.0 Å². The zero-order valence-corrected chi connectivity index (χ0v) is 14.1. The molecule has 0 spiro atoms. The summed E-state index contributed by atoms with van der Waals surface area (Å²) in [6.07, 6.45) is 2.30. The summed E-state index contributed by atoms with van der Waals surface area (Å²) in [6.45, 7) is 9.07. The Hall–Kier alpha value is -0.910. The van der Waals surface area contributed by atoms with Gasteiger partial charge in [-0.3, -0.25) is 4.90 Å². The number of amides is 2. The molecule has 2 unspecified atom stereocenters. The molecule has 0 aromatic rings. The van der Waals surface area contributed by atoms with Gasteiger partial charge in [-0.15, -0.1) is 11.8 Å². The van der Waals surface area contributed by atoms with Crippen LogP contribution in [0.4, 0.5) is 4.79 Å². The number of carboxylic acid groups (broad SMARTS) is 1. The first-order chi connectivity index (χ1) is 9.78. The van der Waals surface area contributed by atoms with E-state index in [2.05, 4.69) is 19.2 Å². The van der Waals surface area contributed by atoms with Crippen molar-refractivity contribution in [1.29, 1.82) is 0 Å². The summed E-state index contributed by atoms with van der Waals surface area (Å²) in [5.74, 6) is 0.346. The number of carboxylic acids is 1. The smallest absolute Gasteiger partial charge is 0.327 e. The van der Waals surface area contributed by atoms with Gasteiger partial charge in [-0.1, -0.05) is 27.7 Å². The highest BCUT2D eigenvalue weighted by Crippen LogP contribution is 2.51. The van der Waals surface area contributed by atoms with Crippen molar-refractivity contribution in [2.45, 2.75) is 52.0 Å². The Bertz CT molecular complexity index is 421. The molecule has 2 amide bonds. The van der Waals surface area contributed by atoms with Crippen LogP contribution < -0.4 is 5.32 Å². The molecule has 0 aromatic carbocycles. The number of carbonyl (C=O) groups is 2. The third-order valence-electron chi connectivity index (χ3n) is 4.83. The molecule has 2 atom stereocenters. The zero-order chi connectivity index (χ0) is 15.8. The number of nitrogens with zero attached hydrogens (tertiary/aromatic N) is 1. The lowest BCUT2D eigenvalue weighted by atomic mass is 9.92. The molecule has 1 heterocycles. The molecule has 0 bridgehead atoms. The average molecular weight is 314 g/mol. The van der Waals surface area contributed by atoms with E-state index in [0.717, 1.165) is 12.8 Å². The van der Waals surface area contributed by atoms with Crippen LogP contribution in [0.5, 0.6) is 0 Å². The fraction of sp³-hybridized carbons (Fsp3) is 0.867. The maximum Gasteiger partial charge on any atom is 0.327 e. The van der Waals surface area contributed by atoms with E-state index in [9.17, 15) is 14.7 Å². The molecule has 120 valence electrons. The minimum atomic E-state index is -0.911. The molecule has 0 radical (unpaired) electrons. The average Bonchev–Trinajstić information content (AvgIpc) is 3.05. The zero-order valence-electron chi connectivity index (χ0n) is 13.3. The molecule has 0 aromatic heterocycles. The van der Waals surface area contributed by atoms with Crippen molar-refractivity contribution in [3.63, 3.8) is 0 Å². The molecule has 1 aliphatic heterocycles. The van der Waals surface area contributed by atoms with Crippen molar-refractivity contribution in [1.82, 2.24) is 10.2 Å². The van der Waals surface area contributed by atoms with Gasteiger partial charge in [0, 0.05) is 12.3 Å². The van der Waals surface area contributed by atoms with Gasteiger partial charge in [-0.25, -0.2) is 9.59 Å². The summed E-state index contributed by atoms with van der Waals surface area (Å²) in [5, 5.41) is 12.3. The largest absolute Gasteiger partial charge is 0.480 e. The van der Waals surface area contributed by atoms with Crippen LogP contribution in [0.3, 0.4) is 0 Å². The van der Waals surface area contributed by atoms with Crippen LogP contribution in [0.2, 0.25) is 0 Å². The number of aliphatic carboxylic acids is 1. The number of urea groups is 1. The third-order valence-corrected chi connectivity index (χ3v) is 6.45. The molecule has 2 rings (SSSR count). The summed E-state index contributed by atoms with van der Waals surface area (Å²) < 4.78 is 0. The Morgan fingerprint density at radius 1 is 1.33 bits per heavy atom. The van der Waals surface area contributed by atoms with E-state index in [0.29, 0.717) is 18.2 Å². The molecular formula is C15H26N2O3S. The van der Waals surface area contributed by atoms with Crippen molar-refractivity contribution in [3.8, 4) is 0 Å². The first kappa shape index (κ1) is 16.5. The van der Waals surface area contributed by atoms with E-state index < -0.39 is 12.0 Å². The van der Waals surface area contributed by atoms with Crippen molar-refractivity contribution >= 4 is 23.8 Å². The van der Waals surface area contributed by atoms with E-state index in [4.69, 9.17) is 0 Å². The Labute approximate surface area is 130 Å². The summed E-state index contributed by atoms with van der Waals surface area (Å²) >= 11 is 1.56. The van der Waals surface area contributed by atoms with Crippen molar-refractivity contribution in [2.24, 2.45) is 17.3 Å². The lowest BCUT2D eigenvalue weighted by molar-refractivity contribution is -0.141. The van der Waals surface area contributed by atoms with Gasteiger partial charge in [0.2, 0.25) is 0 Å². The number of thioether (sulfide) groups is 1. The number of hydrogen-bond donors (Lipinski definition) is 2. The minimum absolute atomic E-state index is 0.0553. The highest BCUT2D eigenvalue weighted by Gasteiger charge is 2.47. The van der Waals surface area contributed by atoms with Gasteiger partial charge in [0.1, 0.15) is 6.04 Å².